The molecule has 0 atom stereocenters. The van der Waals surface area contributed by atoms with Gasteiger partial charge in [-0.15, -0.1) is 0 Å². The third kappa shape index (κ3) is 3.78. The van der Waals surface area contributed by atoms with Crippen molar-refractivity contribution < 1.29 is 14.3 Å². The molecule has 0 bridgehead atoms. The number of ether oxygens (including phenoxy) is 1. The van der Waals surface area contributed by atoms with Gasteiger partial charge in [0.15, 0.2) is 6.29 Å². The standard InChI is InChI=1S/C29H25NO3/c1-18-6-3-4-8-24(18)26-9-5-7-19-14-21(29(32)33-2)10-12-25(19)28(26)20-11-13-27-22(15-20)16-23(17-31)30-27/h3-4,6,8,10-17,30H,5,7,9H2,1-2H3. The number of carbonyl (C=O) groups is 2. The zero-order valence-electron chi connectivity index (χ0n) is 18.8. The average Bonchev–Trinajstić information content (AvgIpc) is 3.17. The Kier molecular flexibility index (Phi) is 5.43. The van der Waals surface area contributed by atoms with E-state index in [1.807, 2.05) is 24.3 Å². The third-order valence-electron chi connectivity index (χ3n) is 6.50. The fourth-order valence-electron chi connectivity index (χ4n) is 4.92. The van der Waals surface area contributed by atoms with Crippen molar-refractivity contribution in [1.82, 2.24) is 4.98 Å². The molecule has 0 spiro atoms. The first kappa shape index (κ1) is 21.0. The molecule has 1 N–H and O–H groups in total. The van der Waals surface area contributed by atoms with Crippen molar-refractivity contribution in [2.75, 3.05) is 7.11 Å². The number of esters is 1. The molecule has 0 saturated carbocycles. The second-order valence-corrected chi connectivity index (χ2v) is 8.53. The highest BCUT2D eigenvalue weighted by molar-refractivity contribution is 6.03. The molecule has 1 aromatic heterocycles. The van der Waals surface area contributed by atoms with E-state index in [0.717, 1.165) is 53.1 Å². The van der Waals surface area contributed by atoms with Gasteiger partial charge in [-0.25, -0.2) is 4.79 Å². The molecule has 0 unspecified atom stereocenters. The Balaban J connectivity index is 1.79. The minimum Gasteiger partial charge on any atom is -0.465 e. The van der Waals surface area contributed by atoms with Crippen molar-refractivity contribution in [1.29, 1.82) is 0 Å². The molecule has 33 heavy (non-hydrogen) atoms. The van der Waals surface area contributed by atoms with Crippen molar-refractivity contribution in [3.05, 3.63) is 106 Å². The molecule has 0 aliphatic heterocycles. The number of benzene rings is 3. The number of hydrogen-bond donors (Lipinski definition) is 1. The van der Waals surface area contributed by atoms with Crippen molar-refractivity contribution in [2.24, 2.45) is 0 Å². The second-order valence-electron chi connectivity index (χ2n) is 8.53. The summed E-state index contributed by atoms with van der Waals surface area (Å²) in [5.74, 6) is -0.318. The maximum atomic E-state index is 12.2. The van der Waals surface area contributed by atoms with Crippen LogP contribution in [0.1, 0.15) is 61.5 Å². The number of aromatic nitrogens is 1. The van der Waals surface area contributed by atoms with E-state index in [2.05, 4.69) is 54.4 Å². The number of H-pyrrole nitrogens is 1. The summed E-state index contributed by atoms with van der Waals surface area (Å²) in [5.41, 5.74) is 10.5. The predicted octanol–water partition coefficient (Wildman–Crippen LogP) is 6.37. The van der Waals surface area contributed by atoms with Crippen LogP contribution >= 0.6 is 0 Å². The lowest BCUT2D eigenvalue weighted by molar-refractivity contribution is 0.0600. The van der Waals surface area contributed by atoms with Crippen LogP contribution in [0.4, 0.5) is 0 Å². The van der Waals surface area contributed by atoms with E-state index in [1.54, 1.807) is 0 Å². The van der Waals surface area contributed by atoms with Crippen LogP contribution in [0, 0.1) is 6.92 Å². The number of aromatic amines is 1. The minimum absolute atomic E-state index is 0.318. The number of aryl methyl sites for hydroxylation is 2. The molecule has 0 amide bonds. The van der Waals surface area contributed by atoms with Crippen LogP contribution in [0.15, 0.2) is 66.7 Å². The molecule has 0 fully saturated rings. The van der Waals surface area contributed by atoms with Crippen molar-refractivity contribution in [2.45, 2.75) is 26.2 Å². The number of methoxy groups -OCH3 is 1. The summed E-state index contributed by atoms with van der Waals surface area (Å²) in [5, 5.41) is 1.00. The molecular formula is C29H25NO3. The fraction of sp³-hybridized carbons (Fsp3) is 0.172. The van der Waals surface area contributed by atoms with Crippen LogP contribution in [0.25, 0.3) is 22.0 Å². The van der Waals surface area contributed by atoms with Crippen LogP contribution in [-0.4, -0.2) is 24.3 Å². The van der Waals surface area contributed by atoms with E-state index in [9.17, 15) is 9.59 Å². The smallest absolute Gasteiger partial charge is 0.337 e. The van der Waals surface area contributed by atoms with E-state index < -0.39 is 0 Å². The molecular weight excluding hydrogens is 410 g/mol. The van der Waals surface area contributed by atoms with Gasteiger partial charge in [-0.1, -0.05) is 36.4 Å². The van der Waals surface area contributed by atoms with Gasteiger partial charge >= 0.3 is 5.97 Å². The predicted molar refractivity (Wildman–Crippen MR) is 132 cm³/mol. The average molecular weight is 436 g/mol. The van der Waals surface area contributed by atoms with Gasteiger partial charge in [-0.2, -0.15) is 0 Å². The van der Waals surface area contributed by atoms with Gasteiger partial charge in [0.1, 0.15) is 0 Å². The highest BCUT2D eigenvalue weighted by Gasteiger charge is 2.22. The Morgan fingerprint density at radius 2 is 1.82 bits per heavy atom. The Hall–Kier alpha value is -3.92. The number of rotatable bonds is 4. The third-order valence-corrected chi connectivity index (χ3v) is 6.50. The van der Waals surface area contributed by atoms with Gasteiger partial charge < -0.3 is 9.72 Å². The number of hydrogen-bond acceptors (Lipinski definition) is 3. The molecule has 0 saturated heterocycles. The number of fused-ring (bicyclic) bond motifs is 2. The molecule has 4 aromatic rings. The maximum absolute atomic E-state index is 12.2. The van der Waals surface area contributed by atoms with Crippen LogP contribution in [-0.2, 0) is 11.2 Å². The Morgan fingerprint density at radius 1 is 0.970 bits per heavy atom. The first-order valence-electron chi connectivity index (χ1n) is 11.2. The van der Waals surface area contributed by atoms with Crippen molar-refractivity contribution in [3.63, 3.8) is 0 Å². The Bertz CT molecular complexity index is 1420. The monoisotopic (exact) mass is 435 g/mol. The Morgan fingerprint density at radius 3 is 2.61 bits per heavy atom. The summed E-state index contributed by atoms with van der Waals surface area (Å²) >= 11 is 0. The molecule has 1 aliphatic rings. The van der Waals surface area contributed by atoms with Gasteiger partial charge in [0.2, 0.25) is 0 Å². The molecule has 4 nitrogen and oxygen atoms in total. The van der Waals surface area contributed by atoms with Gasteiger partial charge in [0, 0.05) is 10.9 Å². The molecule has 5 rings (SSSR count). The number of aldehydes is 1. The normalized spacial score (nSPS) is 13.5. The van der Waals surface area contributed by atoms with E-state index in [1.165, 1.54) is 29.4 Å². The molecule has 1 aliphatic carbocycles. The summed E-state index contributed by atoms with van der Waals surface area (Å²) in [6.07, 6.45) is 3.66. The lowest BCUT2D eigenvalue weighted by atomic mass is 9.86. The highest BCUT2D eigenvalue weighted by Crippen LogP contribution is 2.41. The molecule has 1 heterocycles. The zero-order valence-corrected chi connectivity index (χ0v) is 18.8. The SMILES string of the molecule is COC(=O)c1ccc2c(c1)CCCC(c1ccccc1C)=C2c1ccc2[nH]c(C=O)cc2c1. The summed E-state index contributed by atoms with van der Waals surface area (Å²) in [6.45, 7) is 2.15. The van der Waals surface area contributed by atoms with Gasteiger partial charge in [0.05, 0.1) is 18.4 Å². The van der Waals surface area contributed by atoms with Gasteiger partial charge in [-0.05, 0) is 95.5 Å². The zero-order chi connectivity index (χ0) is 22.9. The van der Waals surface area contributed by atoms with E-state index in [-0.39, 0.29) is 5.97 Å². The van der Waals surface area contributed by atoms with E-state index in [4.69, 9.17) is 4.74 Å². The molecule has 0 radical (unpaired) electrons. The van der Waals surface area contributed by atoms with E-state index >= 15 is 0 Å². The molecule has 4 heteroatoms. The lowest BCUT2D eigenvalue weighted by Gasteiger charge is -2.18. The van der Waals surface area contributed by atoms with Crippen LogP contribution < -0.4 is 0 Å². The summed E-state index contributed by atoms with van der Waals surface area (Å²) in [7, 11) is 1.41. The minimum atomic E-state index is -0.318. The largest absolute Gasteiger partial charge is 0.465 e. The highest BCUT2D eigenvalue weighted by atomic mass is 16.5. The van der Waals surface area contributed by atoms with Crippen molar-refractivity contribution in [3.8, 4) is 0 Å². The topological polar surface area (TPSA) is 59.2 Å². The fourth-order valence-corrected chi connectivity index (χ4v) is 4.92. The van der Waals surface area contributed by atoms with Crippen molar-refractivity contribution >= 4 is 34.3 Å². The van der Waals surface area contributed by atoms with E-state index in [0.29, 0.717) is 11.3 Å². The number of allylic oxidation sites excluding steroid dienone is 1. The number of carbonyl (C=O) groups excluding carboxylic acids is 2. The lowest BCUT2D eigenvalue weighted by Crippen LogP contribution is -2.04. The van der Waals surface area contributed by atoms with Crippen LogP contribution in [0.5, 0.6) is 0 Å². The Labute approximate surface area is 192 Å². The molecule has 3 aromatic carbocycles. The summed E-state index contributed by atoms with van der Waals surface area (Å²) in [6, 6.07) is 22.6. The van der Waals surface area contributed by atoms with Crippen LogP contribution in [0.3, 0.4) is 0 Å². The van der Waals surface area contributed by atoms with Gasteiger partial charge in [-0.3, -0.25) is 4.79 Å². The summed E-state index contributed by atoms with van der Waals surface area (Å²) in [4.78, 5) is 26.6. The quantitative estimate of drug-likeness (QED) is 0.299. The first-order chi connectivity index (χ1) is 16.1. The van der Waals surface area contributed by atoms with Gasteiger partial charge in [0.25, 0.3) is 0 Å². The maximum Gasteiger partial charge on any atom is 0.337 e. The molecule has 164 valence electrons. The first-order valence-corrected chi connectivity index (χ1v) is 11.2. The van der Waals surface area contributed by atoms with Crippen LogP contribution in [0.2, 0.25) is 0 Å². The number of nitrogens with one attached hydrogen (secondary N) is 1. The summed E-state index contributed by atoms with van der Waals surface area (Å²) < 4.78 is 4.95. The second kappa shape index (κ2) is 8.55.